The van der Waals surface area contributed by atoms with Crippen LogP contribution in [0.3, 0.4) is 0 Å². The highest BCUT2D eigenvalue weighted by Crippen LogP contribution is 2.32. The first-order valence-electron chi connectivity index (χ1n) is 7.04. The van der Waals surface area contributed by atoms with Crippen LogP contribution in [0.2, 0.25) is 0 Å². The zero-order valence-electron chi connectivity index (χ0n) is 12.6. The summed E-state index contributed by atoms with van der Waals surface area (Å²) in [5, 5.41) is 33.1. The summed E-state index contributed by atoms with van der Waals surface area (Å²) in [6, 6.07) is 8.71. The van der Waals surface area contributed by atoms with Gasteiger partial charge in [0, 0.05) is 11.1 Å². The Balaban J connectivity index is 1.83. The molecule has 0 aliphatic carbocycles. The number of phenolic OH excluding ortho intramolecular Hbond substituents is 3. The van der Waals surface area contributed by atoms with E-state index in [0.29, 0.717) is 16.5 Å². The van der Waals surface area contributed by atoms with Gasteiger partial charge in [0.1, 0.15) is 22.8 Å². The van der Waals surface area contributed by atoms with Crippen molar-refractivity contribution in [2.45, 2.75) is 6.92 Å². The zero-order chi connectivity index (χ0) is 17.3. The van der Waals surface area contributed by atoms with E-state index in [0.717, 1.165) is 0 Å². The van der Waals surface area contributed by atoms with Crippen LogP contribution < -0.4 is 5.43 Å². The van der Waals surface area contributed by atoms with Crippen molar-refractivity contribution in [3.05, 3.63) is 53.3 Å². The lowest BCUT2D eigenvalue weighted by Crippen LogP contribution is -2.17. The summed E-state index contributed by atoms with van der Waals surface area (Å²) in [4.78, 5) is 12.2. The number of furan rings is 1. The molecule has 7 nitrogen and oxygen atoms in total. The lowest BCUT2D eigenvalue weighted by atomic mass is 10.1. The minimum Gasteiger partial charge on any atom is -0.508 e. The molecule has 7 heteroatoms. The largest absolute Gasteiger partial charge is 0.508 e. The number of hydrazone groups is 1. The summed E-state index contributed by atoms with van der Waals surface area (Å²) in [5.74, 6) is -0.663. The van der Waals surface area contributed by atoms with E-state index < -0.39 is 5.91 Å². The van der Waals surface area contributed by atoms with Gasteiger partial charge in [0.2, 0.25) is 0 Å². The number of carbonyl (C=O) groups is 1. The number of hydrogen-bond acceptors (Lipinski definition) is 6. The number of nitrogens with zero attached hydrogens (tertiary/aromatic N) is 1. The quantitative estimate of drug-likeness (QED) is 0.335. The van der Waals surface area contributed by atoms with Gasteiger partial charge in [-0.25, -0.2) is 5.43 Å². The maximum atomic E-state index is 12.2. The van der Waals surface area contributed by atoms with Gasteiger partial charge in [0.25, 0.3) is 0 Å². The molecule has 122 valence electrons. The van der Waals surface area contributed by atoms with E-state index in [1.165, 1.54) is 30.5 Å². The van der Waals surface area contributed by atoms with Gasteiger partial charge in [0.05, 0.1) is 11.6 Å². The Labute approximate surface area is 136 Å². The third-order valence-corrected chi connectivity index (χ3v) is 3.52. The number of rotatable bonds is 3. The van der Waals surface area contributed by atoms with Crippen LogP contribution in [-0.4, -0.2) is 27.4 Å². The summed E-state index contributed by atoms with van der Waals surface area (Å²) in [5.41, 5.74) is 3.41. The molecule has 24 heavy (non-hydrogen) atoms. The van der Waals surface area contributed by atoms with Crippen molar-refractivity contribution in [3.8, 4) is 17.2 Å². The van der Waals surface area contributed by atoms with Crippen LogP contribution in [0.5, 0.6) is 17.2 Å². The van der Waals surface area contributed by atoms with Gasteiger partial charge >= 0.3 is 5.91 Å². The molecule has 3 aromatic rings. The van der Waals surface area contributed by atoms with Gasteiger partial charge in [-0.05, 0) is 37.3 Å². The predicted molar refractivity (Wildman–Crippen MR) is 87.4 cm³/mol. The minimum absolute atomic E-state index is 0.0287. The standard InChI is InChI=1S/C17H14N2O5/c1-9-15-13(22)3-2-4-14(15)24-16(9)17(23)19-18-8-10-7-11(20)5-6-12(10)21/h2-8,20-22H,1H3,(H,19,23). The van der Waals surface area contributed by atoms with Gasteiger partial charge in [-0.1, -0.05) is 6.07 Å². The number of aromatic hydroxyl groups is 3. The molecule has 3 rings (SSSR count). The highest BCUT2D eigenvalue weighted by Gasteiger charge is 2.19. The summed E-state index contributed by atoms with van der Waals surface area (Å²) >= 11 is 0. The van der Waals surface area contributed by atoms with E-state index in [9.17, 15) is 20.1 Å². The lowest BCUT2D eigenvalue weighted by Gasteiger charge is -2.00. The number of phenols is 3. The molecule has 2 aromatic carbocycles. The van der Waals surface area contributed by atoms with E-state index in [1.807, 2.05) is 0 Å². The van der Waals surface area contributed by atoms with Crippen LogP contribution in [0.15, 0.2) is 45.9 Å². The Bertz CT molecular complexity index is 959. The Morgan fingerprint density at radius 2 is 1.96 bits per heavy atom. The van der Waals surface area contributed by atoms with Crippen LogP contribution in [0.25, 0.3) is 11.0 Å². The fourth-order valence-electron chi connectivity index (χ4n) is 2.35. The third-order valence-electron chi connectivity index (χ3n) is 3.52. The molecule has 0 radical (unpaired) electrons. The zero-order valence-corrected chi connectivity index (χ0v) is 12.6. The van der Waals surface area contributed by atoms with Crippen molar-refractivity contribution in [2.75, 3.05) is 0 Å². The van der Waals surface area contributed by atoms with Crippen LogP contribution in [-0.2, 0) is 0 Å². The number of nitrogens with one attached hydrogen (secondary N) is 1. The van der Waals surface area contributed by atoms with Crippen molar-refractivity contribution in [1.29, 1.82) is 0 Å². The van der Waals surface area contributed by atoms with E-state index in [4.69, 9.17) is 4.42 Å². The summed E-state index contributed by atoms with van der Waals surface area (Å²) in [7, 11) is 0. The highest BCUT2D eigenvalue weighted by atomic mass is 16.3. The van der Waals surface area contributed by atoms with Gasteiger partial charge in [0.15, 0.2) is 5.76 Å². The third kappa shape index (κ3) is 2.74. The number of aryl methyl sites for hydroxylation is 1. The number of benzene rings is 2. The molecule has 0 aliphatic rings. The normalized spacial score (nSPS) is 11.2. The molecule has 1 aromatic heterocycles. The molecule has 0 saturated carbocycles. The van der Waals surface area contributed by atoms with Crippen molar-refractivity contribution in [2.24, 2.45) is 5.10 Å². The molecule has 1 heterocycles. The monoisotopic (exact) mass is 326 g/mol. The Morgan fingerprint density at radius 1 is 1.17 bits per heavy atom. The second kappa shape index (κ2) is 5.96. The van der Waals surface area contributed by atoms with E-state index in [2.05, 4.69) is 10.5 Å². The number of fused-ring (bicyclic) bond motifs is 1. The summed E-state index contributed by atoms with van der Waals surface area (Å²) < 4.78 is 5.45. The number of amides is 1. The maximum Gasteiger partial charge on any atom is 0.307 e. The first-order chi connectivity index (χ1) is 11.5. The molecule has 4 N–H and O–H groups in total. The smallest absolute Gasteiger partial charge is 0.307 e. The van der Waals surface area contributed by atoms with Crippen molar-refractivity contribution < 1.29 is 24.5 Å². The van der Waals surface area contributed by atoms with Crippen LogP contribution in [0.1, 0.15) is 21.7 Å². The van der Waals surface area contributed by atoms with Gasteiger partial charge in [-0.2, -0.15) is 5.10 Å². The first-order valence-corrected chi connectivity index (χ1v) is 7.04. The maximum absolute atomic E-state index is 12.2. The average Bonchev–Trinajstić information content (AvgIpc) is 2.89. The van der Waals surface area contributed by atoms with Crippen molar-refractivity contribution in [3.63, 3.8) is 0 Å². The topological polar surface area (TPSA) is 115 Å². The van der Waals surface area contributed by atoms with Gasteiger partial charge in [-0.3, -0.25) is 4.79 Å². The number of hydrogen-bond donors (Lipinski definition) is 4. The SMILES string of the molecule is Cc1c(C(=O)NN=Cc2cc(O)ccc2O)oc2cccc(O)c12. The molecule has 0 atom stereocenters. The molecule has 1 amide bonds. The Morgan fingerprint density at radius 3 is 2.71 bits per heavy atom. The average molecular weight is 326 g/mol. The van der Waals surface area contributed by atoms with E-state index in [1.54, 1.807) is 19.1 Å². The second-order valence-corrected chi connectivity index (χ2v) is 5.15. The van der Waals surface area contributed by atoms with Crippen molar-refractivity contribution >= 4 is 23.1 Å². The van der Waals surface area contributed by atoms with Gasteiger partial charge in [-0.15, -0.1) is 0 Å². The van der Waals surface area contributed by atoms with Crippen LogP contribution >= 0.6 is 0 Å². The fraction of sp³-hybridized carbons (Fsp3) is 0.0588. The molecule has 0 aliphatic heterocycles. The molecule has 0 unspecified atom stereocenters. The van der Waals surface area contributed by atoms with Crippen molar-refractivity contribution in [1.82, 2.24) is 5.43 Å². The molecule has 0 fully saturated rings. The summed E-state index contributed by atoms with van der Waals surface area (Å²) in [6.07, 6.45) is 1.20. The molecular formula is C17H14N2O5. The Hall–Kier alpha value is -3.48. The van der Waals surface area contributed by atoms with Crippen LogP contribution in [0, 0.1) is 6.92 Å². The predicted octanol–water partition coefficient (Wildman–Crippen LogP) is 2.62. The summed E-state index contributed by atoms with van der Waals surface area (Å²) in [6.45, 7) is 1.66. The molecular weight excluding hydrogens is 312 g/mol. The molecule has 0 spiro atoms. The lowest BCUT2D eigenvalue weighted by molar-refractivity contribution is 0.0928. The highest BCUT2D eigenvalue weighted by molar-refractivity contribution is 6.01. The van der Waals surface area contributed by atoms with Crippen LogP contribution in [0.4, 0.5) is 0 Å². The van der Waals surface area contributed by atoms with E-state index in [-0.39, 0.29) is 28.6 Å². The second-order valence-electron chi connectivity index (χ2n) is 5.15. The molecule has 0 saturated heterocycles. The molecule has 0 bridgehead atoms. The van der Waals surface area contributed by atoms with E-state index >= 15 is 0 Å². The fourth-order valence-corrected chi connectivity index (χ4v) is 2.35. The number of carbonyl (C=O) groups excluding carboxylic acids is 1. The minimum atomic E-state index is -0.598. The first kappa shape index (κ1) is 15.4. The Kier molecular flexibility index (Phi) is 3.83. The van der Waals surface area contributed by atoms with Gasteiger partial charge < -0.3 is 19.7 Å².